The maximum absolute atomic E-state index is 12.5. The number of carbonyl (C=O) groups excluding carboxylic acids is 1. The Morgan fingerprint density at radius 1 is 1.45 bits per heavy atom. The quantitative estimate of drug-likeness (QED) is 0.746. The topological polar surface area (TPSA) is 32.3 Å². The molecule has 0 saturated carbocycles. The fraction of sp³-hybridized carbons (Fsp3) is 0.667. The van der Waals surface area contributed by atoms with E-state index in [9.17, 15) is 4.79 Å². The van der Waals surface area contributed by atoms with Crippen LogP contribution in [-0.4, -0.2) is 35.4 Å². The largest absolute Gasteiger partial charge is 0.322 e. The second-order valence-corrected chi connectivity index (χ2v) is 6.96. The Kier molecular flexibility index (Phi) is 6.39. The van der Waals surface area contributed by atoms with Gasteiger partial charge in [0, 0.05) is 6.54 Å². The number of nitrogens with zero attached hydrogens (tertiary/aromatic N) is 1. The van der Waals surface area contributed by atoms with Gasteiger partial charge in [-0.1, -0.05) is 13.3 Å². The molecule has 2 heterocycles. The van der Waals surface area contributed by atoms with E-state index in [0.717, 1.165) is 25.8 Å². The van der Waals surface area contributed by atoms with E-state index in [-0.39, 0.29) is 18.1 Å². The minimum atomic E-state index is 0.00505. The summed E-state index contributed by atoms with van der Waals surface area (Å²) >= 11 is 3.57. The average Bonchev–Trinajstić information content (AvgIpc) is 3.06. The van der Waals surface area contributed by atoms with Crippen LogP contribution in [0, 0.1) is 0 Å². The number of carbonyl (C=O) groups is 1. The van der Waals surface area contributed by atoms with Crippen LogP contribution in [0.2, 0.25) is 0 Å². The molecule has 1 aromatic heterocycles. The van der Waals surface area contributed by atoms with Gasteiger partial charge in [0.2, 0.25) is 5.91 Å². The van der Waals surface area contributed by atoms with Crippen molar-refractivity contribution in [2.45, 2.75) is 44.8 Å². The van der Waals surface area contributed by atoms with E-state index in [0.29, 0.717) is 0 Å². The molecular weight excluding hydrogens is 288 g/mol. The number of amides is 1. The molecule has 1 amide bonds. The van der Waals surface area contributed by atoms with Crippen molar-refractivity contribution in [2.24, 2.45) is 0 Å². The lowest BCUT2D eigenvalue weighted by Gasteiger charge is -2.23. The van der Waals surface area contributed by atoms with Gasteiger partial charge in [-0.05, 0) is 53.7 Å². The summed E-state index contributed by atoms with van der Waals surface area (Å²) in [5.74, 6) is 1.46. The molecule has 2 unspecified atom stereocenters. The average molecular weight is 313 g/mol. The summed E-state index contributed by atoms with van der Waals surface area (Å²) in [6, 6.07) is 2.13. The van der Waals surface area contributed by atoms with Gasteiger partial charge in [-0.2, -0.15) is 23.1 Å². The van der Waals surface area contributed by atoms with E-state index in [1.807, 2.05) is 16.7 Å². The molecule has 2 rings (SSSR count). The number of hydrogen-bond acceptors (Lipinski definition) is 4. The lowest BCUT2D eigenvalue weighted by Crippen LogP contribution is -2.32. The molecule has 0 aliphatic carbocycles. The van der Waals surface area contributed by atoms with Crippen LogP contribution in [0.3, 0.4) is 0 Å². The lowest BCUT2D eigenvalue weighted by molar-refractivity contribution is -0.130. The summed E-state index contributed by atoms with van der Waals surface area (Å²) in [6.07, 6.45) is 6.46. The van der Waals surface area contributed by atoms with Crippen LogP contribution in [0.15, 0.2) is 16.8 Å². The first-order valence-electron chi connectivity index (χ1n) is 7.35. The van der Waals surface area contributed by atoms with Crippen LogP contribution in [0.4, 0.5) is 0 Å². The second kappa shape index (κ2) is 8.05. The van der Waals surface area contributed by atoms with E-state index in [4.69, 9.17) is 0 Å². The lowest BCUT2D eigenvalue weighted by atomic mass is 10.1. The maximum atomic E-state index is 12.5. The summed E-state index contributed by atoms with van der Waals surface area (Å²) in [5.41, 5.74) is 1.23. The molecular formula is C15H24N2OS2. The molecule has 5 heteroatoms. The van der Waals surface area contributed by atoms with Gasteiger partial charge in [0.05, 0.1) is 6.04 Å². The van der Waals surface area contributed by atoms with Crippen LogP contribution in [-0.2, 0) is 4.79 Å². The fourth-order valence-electron chi connectivity index (χ4n) is 2.65. The van der Waals surface area contributed by atoms with Gasteiger partial charge in [-0.25, -0.2) is 0 Å². The zero-order chi connectivity index (χ0) is 14.4. The third kappa shape index (κ3) is 3.77. The van der Waals surface area contributed by atoms with E-state index in [1.165, 1.54) is 17.7 Å². The number of thioether (sulfide) groups is 1. The Balaban J connectivity index is 2.01. The molecule has 0 radical (unpaired) electrons. The molecule has 2 atom stereocenters. The van der Waals surface area contributed by atoms with Crippen molar-refractivity contribution in [1.82, 2.24) is 10.2 Å². The number of unbranched alkanes of at least 4 members (excludes halogenated alkanes) is 1. The molecule has 1 aromatic rings. The molecule has 20 heavy (non-hydrogen) atoms. The summed E-state index contributed by atoms with van der Waals surface area (Å²) in [6.45, 7) is 3.00. The smallest absolute Gasteiger partial charge is 0.241 e. The number of nitrogens with one attached hydrogen (secondary N) is 1. The highest BCUT2D eigenvalue weighted by atomic mass is 32.2. The highest BCUT2D eigenvalue weighted by Crippen LogP contribution is 2.28. The maximum Gasteiger partial charge on any atom is 0.241 e. The highest BCUT2D eigenvalue weighted by Gasteiger charge is 2.38. The van der Waals surface area contributed by atoms with Crippen LogP contribution in [0.5, 0.6) is 0 Å². The summed E-state index contributed by atoms with van der Waals surface area (Å²) < 4.78 is 0. The molecule has 0 spiro atoms. The predicted molar refractivity (Wildman–Crippen MR) is 88.2 cm³/mol. The third-order valence-electron chi connectivity index (χ3n) is 3.69. The van der Waals surface area contributed by atoms with Crippen molar-refractivity contribution < 1.29 is 4.79 Å². The second-order valence-electron chi connectivity index (χ2n) is 5.20. The predicted octanol–water partition coefficient (Wildman–Crippen LogP) is 3.49. The molecule has 0 aromatic carbocycles. The Labute approximate surface area is 130 Å². The number of rotatable bonds is 8. The number of thiophene rings is 1. The number of hydrogen-bond donors (Lipinski definition) is 1. The summed E-state index contributed by atoms with van der Waals surface area (Å²) in [5, 5.41) is 7.74. The van der Waals surface area contributed by atoms with Gasteiger partial charge in [-0.15, -0.1) is 0 Å². The van der Waals surface area contributed by atoms with Crippen molar-refractivity contribution in [3.63, 3.8) is 0 Å². The molecule has 1 saturated heterocycles. The molecule has 112 valence electrons. The SMILES string of the molecule is CCCC1NC(c2ccsc2)N(CCCCSC)C1=O. The summed E-state index contributed by atoms with van der Waals surface area (Å²) in [4.78, 5) is 14.6. The normalized spacial score (nSPS) is 22.7. The zero-order valence-corrected chi connectivity index (χ0v) is 13.9. The third-order valence-corrected chi connectivity index (χ3v) is 5.08. The van der Waals surface area contributed by atoms with Crippen molar-refractivity contribution >= 4 is 29.0 Å². The molecule has 1 aliphatic heterocycles. The van der Waals surface area contributed by atoms with Gasteiger partial charge in [0.25, 0.3) is 0 Å². The Bertz CT molecular complexity index is 408. The molecule has 0 bridgehead atoms. The Morgan fingerprint density at radius 3 is 2.95 bits per heavy atom. The van der Waals surface area contributed by atoms with Gasteiger partial charge in [-0.3, -0.25) is 10.1 Å². The minimum Gasteiger partial charge on any atom is -0.322 e. The van der Waals surface area contributed by atoms with Crippen molar-refractivity contribution in [2.75, 3.05) is 18.6 Å². The monoisotopic (exact) mass is 312 g/mol. The fourth-order valence-corrected chi connectivity index (χ4v) is 3.82. The van der Waals surface area contributed by atoms with Crippen LogP contribution in [0.1, 0.15) is 44.3 Å². The van der Waals surface area contributed by atoms with Gasteiger partial charge in [0.15, 0.2) is 0 Å². The Morgan fingerprint density at radius 2 is 2.30 bits per heavy atom. The Hall–Kier alpha value is -0.520. The molecule has 1 aliphatic rings. The highest BCUT2D eigenvalue weighted by molar-refractivity contribution is 7.98. The van der Waals surface area contributed by atoms with Crippen molar-refractivity contribution in [3.8, 4) is 0 Å². The standard InChI is InChI=1S/C15H24N2OS2/c1-3-6-13-15(18)17(8-4-5-9-19-2)14(16-13)12-7-10-20-11-12/h7,10-11,13-14,16H,3-6,8-9H2,1-2H3. The van der Waals surface area contributed by atoms with E-state index in [1.54, 1.807) is 11.3 Å². The van der Waals surface area contributed by atoms with E-state index >= 15 is 0 Å². The first-order valence-corrected chi connectivity index (χ1v) is 9.69. The van der Waals surface area contributed by atoms with Crippen LogP contribution >= 0.6 is 23.1 Å². The van der Waals surface area contributed by atoms with Crippen molar-refractivity contribution in [3.05, 3.63) is 22.4 Å². The van der Waals surface area contributed by atoms with Gasteiger partial charge < -0.3 is 4.90 Å². The van der Waals surface area contributed by atoms with E-state index in [2.05, 4.69) is 35.3 Å². The molecule has 3 nitrogen and oxygen atoms in total. The van der Waals surface area contributed by atoms with Gasteiger partial charge in [0.1, 0.15) is 6.17 Å². The van der Waals surface area contributed by atoms with E-state index < -0.39 is 0 Å². The summed E-state index contributed by atoms with van der Waals surface area (Å²) in [7, 11) is 0. The molecule has 1 fully saturated rings. The van der Waals surface area contributed by atoms with Gasteiger partial charge >= 0.3 is 0 Å². The first-order chi connectivity index (χ1) is 9.77. The molecule has 1 N–H and O–H groups in total. The van der Waals surface area contributed by atoms with Crippen LogP contribution < -0.4 is 5.32 Å². The first kappa shape index (κ1) is 15.9. The minimum absolute atomic E-state index is 0.00505. The zero-order valence-electron chi connectivity index (χ0n) is 12.3. The van der Waals surface area contributed by atoms with Crippen LogP contribution in [0.25, 0.3) is 0 Å². The van der Waals surface area contributed by atoms with Crippen molar-refractivity contribution in [1.29, 1.82) is 0 Å².